The van der Waals surface area contributed by atoms with E-state index < -0.39 is 11.7 Å². The lowest BCUT2D eigenvalue weighted by molar-refractivity contribution is -0.137. The predicted molar refractivity (Wildman–Crippen MR) is 77.1 cm³/mol. The van der Waals surface area contributed by atoms with Crippen molar-refractivity contribution in [3.63, 3.8) is 0 Å². The van der Waals surface area contributed by atoms with Crippen molar-refractivity contribution in [1.29, 1.82) is 0 Å². The van der Waals surface area contributed by atoms with Crippen LogP contribution in [-0.2, 0) is 11.0 Å². The summed E-state index contributed by atoms with van der Waals surface area (Å²) in [6.45, 7) is 3.49. The maximum Gasteiger partial charge on any atom is 0.416 e. The van der Waals surface area contributed by atoms with Crippen LogP contribution < -0.4 is 10.6 Å². The van der Waals surface area contributed by atoms with E-state index in [-0.39, 0.29) is 18.0 Å². The Kier molecular flexibility index (Phi) is 7.22. The van der Waals surface area contributed by atoms with Gasteiger partial charge in [-0.05, 0) is 31.2 Å². The molecule has 0 saturated carbocycles. The van der Waals surface area contributed by atoms with Gasteiger partial charge in [-0.25, -0.2) is 0 Å². The molecule has 1 aromatic rings. The number of nitrogens with one attached hydrogen (secondary N) is 2. The van der Waals surface area contributed by atoms with Crippen molar-refractivity contribution in [2.45, 2.75) is 38.8 Å². The maximum absolute atomic E-state index is 12.5. The fraction of sp³-hybridized carbons (Fsp3) is 0.533. The van der Waals surface area contributed by atoms with Gasteiger partial charge < -0.3 is 10.6 Å². The average Bonchev–Trinajstić information content (AvgIpc) is 2.42. The second kappa shape index (κ2) is 8.67. The molecule has 0 aliphatic rings. The van der Waals surface area contributed by atoms with Gasteiger partial charge in [0.05, 0.1) is 5.56 Å². The SMILES string of the molecule is CCCCCNCCC(=O)Nc1cccc(C(F)(F)F)c1. The minimum Gasteiger partial charge on any atom is -0.326 e. The monoisotopic (exact) mass is 302 g/mol. The minimum absolute atomic E-state index is 0.167. The summed E-state index contributed by atoms with van der Waals surface area (Å²) in [7, 11) is 0. The van der Waals surface area contributed by atoms with E-state index in [1.807, 2.05) is 0 Å². The molecule has 118 valence electrons. The van der Waals surface area contributed by atoms with Crippen LogP contribution in [0.2, 0.25) is 0 Å². The van der Waals surface area contributed by atoms with Crippen molar-refractivity contribution in [3.05, 3.63) is 29.8 Å². The molecule has 0 bridgehead atoms. The van der Waals surface area contributed by atoms with Crippen LogP contribution in [0.3, 0.4) is 0 Å². The molecule has 0 fully saturated rings. The summed E-state index contributed by atoms with van der Waals surface area (Å²) in [6, 6.07) is 4.64. The first-order valence-corrected chi connectivity index (χ1v) is 7.11. The highest BCUT2D eigenvalue weighted by Gasteiger charge is 2.30. The Bertz CT molecular complexity index is 447. The molecule has 2 N–H and O–H groups in total. The van der Waals surface area contributed by atoms with Crippen LogP contribution in [0, 0.1) is 0 Å². The van der Waals surface area contributed by atoms with E-state index in [1.165, 1.54) is 12.1 Å². The van der Waals surface area contributed by atoms with Crippen molar-refractivity contribution >= 4 is 11.6 Å². The van der Waals surface area contributed by atoms with Gasteiger partial charge in [0.2, 0.25) is 5.91 Å². The van der Waals surface area contributed by atoms with E-state index in [0.717, 1.165) is 37.9 Å². The van der Waals surface area contributed by atoms with Crippen LogP contribution in [0.15, 0.2) is 24.3 Å². The van der Waals surface area contributed by atoms with Crippen LogP contribution in [0.5, 0.6) is 0 Å². The Hall–Kier alpha value is -1.56. The quantitative estimate of drug-likeness (QED) is 0.717. The third kappa shape index (κ3) is 7.13. The predicted octanol–water partition coefficient (Wildman–Crippen LogP) is 3.81. The summed E-state index contributed by atoms with van der Waals surface area (Å²) in [6.07, 6.45) is -0.823. The summed E-state index contributed by atoms with van der Waals surface area (Å²) in [5, 5.41) is 5.61. The van der Waals surface area contributed by atoms with Crippen molar-refractivity contribution in [3.8, 4) is 0 Å². The van der Waals surface area contributed by atoms with Crippen LogP contribution in [-0.4, -0.2) is 19.0 Å². The summed E-state index contributed by atoms with van der Waals surface area (Å²) in [4.78, 5) is 11.6. The zero-order valence-corrected chi connectivity index (χ0v) is 12.1. The van der Waals surface area contributed by atoms with Gasteiger partial charge in [-0.15, -0.1) is 0 Å². The van der Waals surface area contributed by atoms with Gasteiger partial charge >= 0.3 is 6.18 Å². The normalized spacial score (nSPS) is 11.4. The number of benzene rings is 1. The fourth-order valence-corrected chi connectivity index (χ4v) is 1.82. The van der Waals surface area contributed by atoms with E-state index in [1.54, 1.807) is 0 Å². The van der Waals surface area contributed by atoms with Crippen molar-refractivity contribution in [1.82, 2.24) is 5.32 Å². The van der Waals surface area contributed by atoms with E-state index in [0.29, 0.717) is 6.54 Å². The summed E-state index contributed by atoms with van der Waals surface area (Å²) in [5.41, 5.74) is -0.598. The Labute approximate surface area is 122 Å². The number of halogens is 3. The highest BCUT2D eigenvalue weighted by atomic mass is 19.4. The zero-order chi connectivity index (χ0) is 15.7. The molecule has 1 aromatic carbocycles. The van der Waals surface area contributed by atoms with E-state index in [9.17, 15) is 18.0 Å². The topological polar surface area (TPSA) is 41.1 Å². The Balaban J connectivity index is 2.35. The standard InChI is InChI=1S/C15H21F3N2O/c1-2-3-4-9-19-10-8-14(21)20-13-7-5-6-12(11-13)15(16,17)18/h5-7,11,19H,2-4,8-10H2,1H3,(H,20,21). The van der Waals surface area contributed by atoms with Gasteiger partial charge in [-0.1, -0.05) is 25.8 Å². The number of amides is 1. The summed E-state index contributed by atoms with van der Waals surface area (Å²) < 4.78 is 37.6. The highest BCUT2D eigenvalue weighted by molar-refractivity contribution is 5.90. The molecule has 0 heterocycles. The second-order valence-corrected chi connectivity index (χ2v) is 4.83. The van der Waals surface area contributed by atoms with Crippen LogP contribution in [0.4, 0.5) is 18.9 Å². The molecule has 0 unspecified atom stereocenters. The number of anilines is 1. The lowest BCUT2D eigenvalue weighted by Crippen LogP contribution is -2.22. The Morgan fingerprint density at radius 3 is 2.62 bits per heavy atom. The van der Waals surface area contributed by atoms with E-state index >= 15 is 0 Å². The first kappa shape index (κ1) is 17.5. The van der Waals surface area contributed by atoms with Gasteiger partial charge in [-0.3, -0.25) is 4.79 Å². The molecule has 3 nitrogen and oxygen atoms in total. The molecule has 6 heteroatoms. The first-order chi connectivity index (χ1) is 9.93. The summed E-state index contributed by atoms with van der Waals surface area (Å²) in [5.74, 6) is -0.294. The Morgan fingerprint density at radius 2 is 1.95 bits per heavy atom. The lowest BCUT2D eigenvalue weighted by Gasteiger charge is -2.10. The number of unbranched alkanes of at least 4 members (excludes halogenated alkanes) is 2. The molecule has 1 amide bonds. The number of rotatable bonds is 8. The van der Waals surface area contributed by atoms with Gasteiger partial charge in [0.1, 0.15) is 0 Å². The number of hydrogen-bond donors (Lipinski definition) is 2. The number of carbonyl (C=O) groups excluding carboxylic acids is 1. The van der Waals surface area contributed by atoms with Crippen LogP contribution in [0.1, 0.15) is 38.2 Å². The largest absolute Gasteiger partial charge is 0.416 e. The highest BCUT2D eigenvalue weighted by Crippen LogP contribution is 2.30. The molecule has 0 aromatic heterocycles. The minimum atomic E-state index is -4.40. The smallest absolute Gasteiger partial charge is 0.326 e. The van der Waals surface area contributed by atoms with Crippen molar-refractivity contribution < 1.29 is 18.0 Å². The van der Waals surface area contributed by atoms with Crippen molar-refractivity contribution in [2.24, 2.45) is 0 Å². The zero-order valence-electron chi connectivity index (χ0n) is 12.1. The lowest BCUT2D eigenvalue weighted by atomic mass is 10.2. The molecule has 1 rings (SSSR count). The molecule has 0 spiro atoms. The van der Waals surface area contributed by atoms with Gasteiger partial charge in [0, 0.05) is 18.7 Å². The Morgan fingerprint density at radius 1 is 1.19 bits per heavy atom. The molecule has 0 radical (unpaired) electrons. The second-order valence-electron chi connectivity index (χ2n) is 4.83. The van der Waals surface area contributed by atoms with Crippen LogP contribution >= 0.6 is 0 Å². The van der Waals surface area contributed by atoms with Crippen LogP contribution in [0.25, 0.3) is 0 Å². The van der Waals surface area contributed by atoms with E-state index in [2.05, 4.69) is 17.6 Å². The first-order valence-electron chi connectivity index (χ1n) is 7.11. The third-order valence-corrected chi connectivity index (χ3v) is 2.96. The van der Waals surface area contributed by atoms with Gasteiger partial charge in [-0.2, -0.15) is 13.2 Å². The molecular formula is C15H21F3N2O. The maximum atomic E-state index is 12.5. The molecule has 0 aliphatic heterocycles. The summed E-state index contributed by atoms with van der Waals surface area (Å²) >= 11 is 0. The van der Waals surface area contributed by atoms with E-state index in [4.69, 9.17) is 0 Å². The number of alkyl halides is 3. The molecule has 0 saturated heterocycles. The fourth-order valence-electron chi connectivity index (χ4n) is 1.82. The van der Waals surface area contributed by atoms with Crippen molar-refractivity contribution in [2.75, 3.05) is 18.4 Å². The number of hydrogen-bond acceptors (Lipinski definition) is 2. The third-order valence-electron chi connectivity index (χ3n) is 2.96. The molecule has 21 heavy (non-hydrogen) atoms. The number of carbonyl (C=O) groups is 1. The molecular weight excluding hydrogens is 281 g/mol. The molecule has 0 atom stereocenters. The average molecular weight is 302 g/mol. The van der Waals surface area contributed by atoms with Gasteiger partial charge in [0.15, 0.2) is 0 Å². The molecule has 0 aliphatic carbocycles. The van der Waals surface area contributed by atoms with Gasteiger partial charge in [0.25, 0.3) is 0 Å².